The molecule has 3 rings (SSSR count). The van der Waals surface area contributed by atoms with Gasteiger partial charge in [0, 0.05) is 23.5 Å². The van der Waals surface area contributed by atoms with Gasteiger partial charge in [-0.2, -0.15) is 4.98 Å². The number of nitrogens with zero attached hydrogens (tertiary/aromatic N) is 2. The lowest BCUT2D eigenvalue weighted by atomic mass is 10.1. The van der Waals surface area contributed by atoms with E-state index in [4.69, 9.17) is 11.6 Å². The lowest BCUT2D eigenvalue weighted by molar-refractivity contribution is 1.08. The molecule has 0 aliphatic rings. The second-order valence-corrected chi connectivity index (χ2v) is 6.11. The highest BCUT2D eigenvalue weighted by atomic mass is 35.5. The third kappa shape index (κ3) is 4.24. The molecule has 2 N–H and O–H groups in total. The molecule has 4 nitrogen and oxygen atoms in total. The minimum Gasteiger partial charge on any atom is -0.366 e. The van der Waals surface area contributed by atoms with Crippen LogP contribution in [0.4, 0.5) is 17.5 Å². The number of nitrogens with one attached hydrogen (secondary N) is 2. The van der Waals surface area contributed by atoms with E-state index in [1.54, 1.807) is 6.20 Å². The van der Waals surface area contributed by atoms with Gasteiger partial charge in [0.2, 0.25) is 5.95 Å². The highest BCUT2D eigenvalue weighted by Gasteiger charge is 2.02. The van der Waals surface area contributed by atoms with Gasteiger partial charge in [-0.05, 0) is 60.9 Å². The molecule has 3 aromatic rings. The maximum absolute atomic E-state index is 5.90. The standard InChI is InChI=1S/C19H19ClN4/c1-13-3-8-17(11-14(13)2)23-19-21-10-9-18(24-19)22-12-15-4-6-16(20)7-5-15/h3-11H,12H2,1-2H3,(H2,21,22,23,24). The van der Waals surface area contributed by atoms with Crippen LogP contribution in [-0.2, 0) is 6.54 Å². The van der Waals surface area contributed by atoms with E-state index in [0.29, 0.717) is 12.5 Å². The van der Waals surface area contributed by atoms with Crippen LogP contribution < -0.4 is 10.6 Å². The van der Waals surface area contributed by atoms with E-state index in [-0.39, 0.29) is 0 Å². The molecule has 1 aromatic heterocycles. The van der Waals surface area contributed by atoms with E-state index < -0.39 is 0 Å². The SMILES string of the molecule is Cc1ccc(Nc2nccc(NCc3ccc(Cl)cc3)n2)cc1C. The Labute approximate surface area is 146 Å². The Hall–Kier alpha value is -2.59. The first-order valence-electron chi connectivity index (χ1n) is 7.76. The van der Waals surface area contributed by atoms with Crippen LogP contribution in [0.5, 0.6) is 0 Å². The van der Waals surface area contributed by atoms with Gasteiger partial charge in [-0.3, -0.25) is 0 Å². The molecule has 0 atom stereocenters. The average molecular weight is 339 g/mol. The minimum absolute atomic E-state index is 0.569. The fourth-order valence-electron chi connectivity index (χ4n) is 2.26. The highest BCUT2D eigenvalue weighted by molar-refractivity contribution is 6.30. The summed E-state index contributed by atoms with van der Waals surface area (Å²) in [6.45, 7) is 4.86. The summed E-state index contributed by atoms with van der Waals surface area (Å²) in [5.41, 5.74) is 4.62. The van der Waals surface area contributed by atoms with Crippen molar-refractivity contribution in [2.45, 2.75) is 20.4 Å². The van der Waals surface area contributed by atoms with Crippen molar-refractivity contribution in [1.82, 2.24) is 9.97 Å². The molecule has 0 fully saturated rings. The molecule has 0 saturated heterocycles. The van der Waals surface area contributed by atoms with E-state index >= 15 is 0 Å². The van der Waals surface area contributed by atoms with E-state index in [9.17, 15) is 0 Å². The Kier molecular flexibility index (Phi) is 4.96. The van der Waals surface area contributed by atoms with Gasteiger partial charge in [-0.15, -0.1) is 0 Å². The fraction of sp³-hybridized carbons (Fsp3) is 0.158. The van der Waals surface area contributed by atoms with Crippen LogP contribution in [0.25, 0.3) is 0 Å². The summed E-state index contributed by atoms with van der Waals surface area (Å²) < 4.78 is 0. The number of hydrogen-bond acceptors (Lipinski definition) is 4. The summed E-state index contributed by atoms with van der Waals surface area (Å²) in [6, 6.07) is 15.8. The molecule has 0 spiro atoms. The molecule has 0 unspecified atom stereocenters. The van der Waals surface area contributed by atoms with Gasteiger partial charge in [0.1, 0.15) is 5.82 Å². The van der Waals surface area contributed by atoms with Crippen LogP contribution in [0, 0.1) is 13.8 Å². The van der Waals surface area contributed by atoms with Crippen molar-refractivity contribution >= 4 is 29.1 Å². The first kappa shape index (κ1) is 16.3. The van der Waals surface area contributed by atoms with Crippen LogP contribution in [0.3, 0.4) is 0 Å². The Balaban J connectivity index is 1.67. The van der Waals surface area contributed by atoms with Crippen LogP contribution in [0.15, 0.2) is 54.7 Å². The zero-order valence-corrected chi connectivity index (χ0v) is 14.4. The maximum atomic E-state index is 5.90. The number of halogens is 1. The largest absolute Gasteiger partial charge is 0.366 e. The number of aryl methyl sites for hydroxylation is 2. The molecule has 0 aliphatic heterocycles. The lowest BCUT2D eigenvalue weighted by Crippen LogP contribution is -2.04. The van der Waals surface area contributed by atoms with Gasteiger partial charge in [-0.25, -0.2) is 4.98 Å². The van der Waals surface area contributed by atoms with Crippen molar-refractivity contribution in [3.05, 3.63) is 76.4 Å². The second kappa shape index (κ2) is 7.32. The molecule has 24 heavy (non-hydrogen) atoms. The van der Waals surface area contributed by atoms with Crippen LogP contribution in [-0.4, -0.2) is 9.97 Å². The van der Waals surface area contributed by atoms with Gasteiger partial charge in [0.05, 0.1) is 0 Å². The zero-order valence-electron chi connectivity index (χ0n) is 13.7. The summed E-state index contributed by atoms with van der Waals surface area (Å²) >= 11 is 5.90. The molecule has 1 heterocycles. The molecular weight excluding hydrogens is 320 g/mol. The van der Waals surface area contributed by atoms with Crippen molar-refractivity contribution in [3.8, 4) is 0 Å². The summed E-state index contributed by atoms with van der Waals surface area (Å²) in [5, 5.41) is 7.27. The van der Waals surface area contributed by atoms with Crippen LogP contribution in [0.1, 0.15) is 16.7 Å². The van der Waals surface area contributed by atoms with E-state index in [1.807, 2.05) is 36.4 Å². The smallest absolute Gasteiger partial charge is 0.229 e. The summed E-state index contributed by atoms with van der Waals surface area (Å²) in [4.78, 5) is 8.77. The van der Waals surface area contributed by atoms with Gasteiger partial charge >= 0.3 is 0 Å². The normalized spacial score (nSPS) is 10.5. The monoisotopic (exact) mass is 338 g/mol. The molecule has 2 aromatic carbocycles. The molecule has 0 bridgehead atoms. The number of hydrogen-bond donors (Lipinski definition) is 2. The minimum atomic E-state index is 0.569. The Morgan fingerprint density at radius 2 is 1.75 bits per heavy atom. The van der Waals surface area contributed by atoms with Crippen molar-refractivity contribution < 1.29 is 0 Å². The molecule has 122 valence electrons. The maximum Gasteiger partial charge on any atom is 0.229 e. The number of benzene rings is 2. The average Bonchev–Trinajstić information content (AvgIpc) is 2.58. The molecule has 0 aliphatic carbocycles. The predicted octanol–water partition coefficient (Wildman–Crippen LogP) is 5.10. The summed E-state index contributed by atoms with van der Waals surface area (Å²) in [7, 11) is 0. The number of rotatable bonds is 5. The van der Waals surface area contributed by atoms with Crippen LogP contribution in [0.2, 0.25) is 5.02 Å². The van der Waals surface area contributed by atoms with Gasteiger partial charge in [0.25, 0.3) is 0 Å². The van der Waals surface area contributed by atoms with E-state index in [2.05, 4.69) is 46.6 Å². The first-order valence-corrected chi connectivity index (χ1v) is 8.13. The van der Waals surface area contributed by atoms with Crippen molar-refractivity contribution in [2.75, 3.05) is 10.6 Å². The molecule has 5 heteroatoms. The number of aromatic nitrogens is 2. The van der Waals surface area contributed by atoms with Gasteiger partial charge < -0.3 is 10.6 Å². The topological polar surface area (TPSA) is 49.8 Å². The fourth-order valence-corrected chi connectivity index (χ4v) is 2.39. The lowest BCUT2D eigenvalue weighted by Gasteiger charge is -2.10. The highest BCUT2D eigenvalue weighted by Crippen LogP contribution is 2.18. The Bertz CT molecular complexity index is 831. The molecule has 0 saturated carbocycles. The van der Waals surface area contributed by atoms with Crippen molar-refractivity contribution in [2.24, 2.45) is 0 Å². The third-order valence-electron chi connectivity index (χ3n) is 3.81. The Morgan fingerprint density at radius 3 is 2.50 bits per heavy atom. The van der Waals surface area contributed by atoms with E-state index in [0.717, 1.165) is 22.1 Å². The second-order valence-electron chi connectivity index (χ2n) is 5.67. The summed E-state index contributed by atoms with van der Waals surface area (Å²) in [5.74, 6) is 1.34. The van der Waals surface area contributed by atoms with Gasteiger partial charge in [-0.1, -0.05) is 29.8 Å². The van der Waals surface area contributed by atoms with Crippen molar-refractivity contribution in [1.29, 1.82) is 0 Å². The zero-order chi connectivity index (χ0) is 16.9. The Morgan fingerprint density at radius 1 is 0.958 bits per heavy atom. The number of anilines is 3. The quantitative estimate of drug-likeness (QED) is 0.679. The summed E-state index contributed by atoms with van der Waals surface area (Å²) in [6.07, 6.45) is 1.74. The van der Waals surface area contributed by atoms with E-state index in [1.165, 1.54) is 11.1 Å². The molecule has 0 amide bonds. The predicted molar refractivity (Wildman–Crippen MR) is 100 cm³/mol. The third-order valence-corrected chi connectivity index (χ3v) is 4.06. The molecule has 0 radical (unpaired) electrons. The molecular formula is C19H19ClN4. The first-order chi connectivity index (χ1) is 11.6. The van der Waals surface area contributed by atoms with Crippen LogP contribution >= 0.6 is 11.6 Å². The van der Waals surface area contributed by atoms with Gasteiger partial charge in [0.15, 0.2) is 0 Å². The van der Waals surface area contributed by atoms with Crippen molar-refractivity contribution in [3.63, 3.8) is 0 Å².